The molecule has 29 heavy (non-hydrogen) atoms. The van der Waals surface area contributed by atoms with E-state index in [1.807, 2.05) is 25.1 Å². The molecule has 0 saturated carbocycles. The van der Waals surface area contributed by atoms with Gasteiger partial charge in [0.1, 0.15) is 5.82 Å². The van der Waals surface area contributed by atoms with E-state index in [9.17, 15) is 14.0 Å². The van der Waals surface area contributed by atoms with Gasteiger partial charge in [0, 0.05) is 6.54 Å². The lowest BCUT2D eigenvalue weighted by Gasteiger charge is -2.35. The van der Waals surface area contributed by atoms with Crippen LogP contribution in [-0.4, -0.2) is 36.5 Å². The third-order valence-electron chi connectivity index (χ3n) is 5.38. The Hall–Kier alpha value is -2.73. The first-order chi connectivity index (χ1) is 14.0. The first kappa shape index (κ1) is 21.0. The highest BCUT2D eigenvalue weighted by molar-refractivity contribution is 5.89. The number of carbonyl (C=O) groups excluding carboxylic acids is 2. The summed E-state index contributed by atoms with van der Waals surface area (Å²) in [5, 5.41) is 3.08. The quantitative estimate of drug-likeness (QED) is 0.751. The lowest BCUT2D eigenvalue weighted by molar-refractivity contribution is -0.128. The maximum atomic E-state index is 13.5. The van der Waals surface area contributed by atoms with Crippen LogP contribution in [0.3, 0.4) is 0 Å². The van der Waals surface area contributed by atoms with Crippen molar-refractivity contribution in [3.63, 3.8) is 0 Å². The second-order valence-electron chi connectivity index (χ2n) is 7.46. The number of likely N-dealkylation sites (tertiary alicyclic amines) is 1. The lowest BCUT2D eigenvalue weighted by atomic mass is 9.99. The number of carbonyl (C=O) groups is 2. The number of nitrogens with zero attached hydrogens (tertiary/aromatic N) is 1. The molecule has 0 aliphatic carbocycles. The van der Waals surface area contributed by atoms with E-state index in [-0.39, 0.29) is 29.8 Å². The predicted molar refractivity (Wildman–Crippen MR) is 109 cm³/mol. The van der Waals surface area contributed by atoms with Crippen molar-refractivity contribution in [3.05, 3.63) is 71.0 Å². The van der Waals surface area contributed by atoms with Crippen LogP contribution in [-0.2, 0) is 16.1 Å². The number of hydrogen-bond donors (Lipinski definition) is 1. The molecule has 154 valence electrons. The summed E-state index contributed by atoms with van der Waals surface area (Å²) in [6.07, 6.45) is 2.82. The van der Waals surface area contributed by atoms with Gasteiger partial charge in [0.05, 0.1) is 24.8 Å². The molecule has 5 nitrogen and oxygen atoms in total. The Bertz CT molecular complexity index is 853. The highest BCUT2D eigenvalue weighted by Gasteiger charge is 2.29. The summed E-state index contributed by atoms with van der Waals surface area (Å²) >= 11 is 0. The summed E-state index contributed by atoms with van der Waals surface area (Å²) in [7, 11) is 1.35. The second kappa shape index (κ2) is 9.65. The van der Waals surface area contributed by atoms with Crippen LogP contribution in [0.1, 0.15) is 53.7 Å². The number of esters is 1. The molecule has 3 rings (SSSR count). The highest BCUT2D eigenvalue weighted by atomic mass is 19.1. The van der Waals surface area contributed by atoms with Crippen LogP contribution in [0, 0.1) is 5.82 Å². The molecule has 1 aliphatic heterocycles. The lowest BCUT2D eigenvalue weighted by Crippen LogP contribution is -2.49. The van der Waals surface area contributed by atoms with Gasteiger partial charge in [0.15, 0.2) is 0 Å². The van der Waals surface area contributed by atoms with Crippen molar-refractivity contribution >= 4 is 11.9 Å². The maximum absolute atomic E-state index is 13.5. The predicted octanol–water partition coefficient (Wildman–Crippen LogP) is 3.84. The van der Waals surface area contributed by atoms with Crippen LogP contribution in [0.2, 0.25) is 0 Å². The fraction of sp³-hybridized carbons (Fsp3) is 0.391. The molecule has 1 amide bonds. The number of piperidine rings is 1. The second-order valence-corrected chi connectivity index (χ2v) is 7.46. The SMILES string of the molecule is COC(=O)c1ccc(C(C)NC(=O)C2CCCCN2Cc2cccc(F)c2)cc1. The van der Waals surface area contributed by atoms with E-state index in [2.05, 4.69) is 10.2 Å². The van der Waals surface area contributed by atoms with Gasteiger partial charge in [-0.15, -0.1) is 0 Å². The largest absolute Gasteiger partial charge is 0.465 e. The third kappa shape index (κ3) is 5.41. The van der Waals surface area contributed by atoms with Gasteiger partial charge in [0.25, 0.3) is 0 Å². The van der Waals surface area contributed by atoms with Crippen LogP contribution in [0.15, 0.2) is 48.5 Å². The highest BCUT2D eigenvalue weighted by Crippen LogP contribution is 2.22. The van der Waals surface area contributed by atoms with Crippen molar-refractivity contribution in [3.8, 4) is 0 Å². The fourth-order valence-corrected chi connectivity index (χ4v) is 3.77. The van der Waals surface area contributed by atoms with Crippen molar-refractivity contribution in [2.75, 3.05) is 13.7 Å². The summed E-state index contributed by atoms with van der Waals surface area (Å²) in [6, 6.07) is 13.1. The normalized spacial score (nSPS) is 18.1. The summed E-state index contributed by atoms with van der Waals surface area (Å²) < 4.78 is 18.2. The molecule has 2 aromatic carbocycles. The van der Waals surface area contributed by atoms with Crippen molar-refractivity contribution in [2.24, 2.45) is 0 Å². The van der Waals surface area contributed by atoms with Crippen molar-refractivity contribution in [2.45, 2.75) is 44.8 Å². The van der Waals surface area contributed by atoms with Gasteiger partial charge in [-0.05, 0) is 61.7 Å². The zero-order valence-electron chi connectivity index (χ0n) is 16.9. The molecule has 1 fully saturated rings. The van der Waals surface area contributed by atoms with E-state index in [0.29, 0.717) is 12.1 Å². The Morgan fingerprint density at radius 1 is 1.21 bits per heavy atom. The minimum atomic E-state index is -0.386. The number of ether oxygens (including phenoxy) is 1. The Kier molecular flexibility index (Phi) is 6.99. The molecule has 0 radical (unpaired) electrons. The number of hydrogen-bond acceptors (Lipinski definition) is 4. The van der Waals surface area contributed by atoms with E-state index in [1.54, 1.807) is 18.2 Å². The molecule has 2 aromatic rings. The molecule has 2 atom stereocenters. The molecule has 1 saturated heterocycles. The Balaban J connectivity index is 1.64. The minimum absolute atomic E-state index is 0.0225. The van der Waals surface area contributed by atoms with Gasteiger partial charge < -0.3 is 10.1 Å². The van der Waals surface area contributed by atoms with Gasteiger partial charge in [-0.25, -0.2) is 9.18 Å². The molecule has 0 aromatic heterocycles. The average molecular weight is 398 g/mol. The summed E-state index contributed by atoms with van der Waals surface area (Å²) in [5.41, 5.74) is 2.26. The van der Waals surface area contributed by atoms with Crippen molar-refractivity contribution in [1.82, 2.24) is 10.2 Å². The molecule has 1 heterocycles. The van der Waals surface area contributed by atoms with E-state index >= 15 is 0 Å². The fourth-order valence-electron chi connectivity index (χ4n) is 3.77. The zero-order chi connectivity index (χ0) is 20.8. The van der Waals surface area contributed by atoms with Gasteiger partial charge in [-0.3, -0.25) is 9.69 Å². The average Bonchev–Trinajstić information content (AvgIpc) is 2.73. The van der Waals surface area contributed by atoms with E-state index in [4.69, 9.17) is 4.74 Å². The van der Waals surface area contributed by atoms with Gasteiger partial charge in [0.2, 0.25) is 5.91 Å². The molecular formula is C23H27FN2O3. The van der Waals surface area contributed by atoms with E-state index < -0.39 is 0 Å². The Morgan fingerprint density at radius 3 is 2.66 bits per heavy atom. The van der Waals surface area contributed by atoms with Crippen LogP contribution in [0.4, 0.5) is 4.39 Å². The number of rotatable bonds is 6. The summed E-state index contributed by atoms with van der Waals surface area (Å²) in [6.45, 7) is 3.29. The number of benzene rings is 2. The Morgan fingerprint density at radius 2 is 1.97 bits per heavy atom. The van der Waals surface area contributed by atoms with Gasteiger partial charge >= 0.3 is 5.97 Å². The van der Waals surface area contributed by atoms with Crippen LogP contribution in [0.5, 0.6) is 0 Å². The first-order valence-corrected chi connectivity index (χ1v) is 9.95. The molecule has 1 aliphatic rings. The number of methoxy groups -OCH3 is 1. The first-order valence-electron chi connectivity index (χ1n) is 9.95. The van der Waals surface area contributed by atoms with Crippen molar-refractivity contribution < 1.29 is 18.7 Å². The molecule has 2 unspecified atom stereocenters. The third-order valence-corrected chi connectivity index (χ3v) is 5.38. The van der Waals surface area contributed by atoms with Gasteiger partial charge in [-0.1, -0.05) is 30.7 Å². The van der Waals surface area contributed by atoms with Gasteiger partial charge in [-0.2, -0.15) is 0 Å². The molecule has 0 bridgehead atoms. The molecule has 6 heteroatoms. The van der Waals surface area contributed by atoms with E-state index in [1.165, 1.54) is 19.2 Å². The smallest absolute Gasteiger partial charge is 0.337 e. The topological polar surface area (TPSA) is 58.6 Å². The van der Waals surface area contributed by atoms with Crippen LogP contribution >= 0.6 is 0 Å². The summed E-state index contributed by atoms with van der Waals surface area (Å²) in [5.74, 6) is -0.668. The zero-order valence-corrected chi connectivity index (χ0v) is 16.9. The van der Waals surface area contributed by atoms with Crippen LogP contribution in [0.25, 0.3) is 0 Å². The Labute approximate surface area is 170 Å². The number of amides is 1. The maximum Gasteiger partial charge on any atom is 0.337 e. The standard InChI is InChI=1S/C23H27FN2O3/c1-16(18-9-11-19(12-10-18)23(28)29-2)25-22(27)21-8-3-4-13-26(21)15-17-6-5-7-20(24)14-17/h5-7,9-12,14,16,21H,3-4,8,13,15H2,1-2H3,(H,25,27). The molecule has 1 N–H and O–H groups in total. The number of nitrogens with one attached hydrogen (secondary N) is 1. The molecule has 0 spiro atoms. The summed E-state index contributed by atoms with van der Waals surface area (Å²) in [4.78, 5) is 26.7. The number of halogens is 1. The van der Waals surface area contributed by atoms with Crippen LogP contribution < -0.4 is 5.32 Å². The monoisotopic (exact) mass is 398 g/mol. The van der Waals surface area contributed by atoms with Crippen molar-refractivity contribution in [1.29, 1.82) is 0 Å². The minimum Gasteiger partial charge on any atom is -0.465 e. The van der Waals surface area contributed by atoms with E-state index in [0.717, 1.165) is 36.9 Å². The molecular weight excluding hydrogens is 371 g/mol.